The van der Waals surface area contributed by atoms with E-state index in [0.717, 1.165) is 31.6 Å². The number of benzene rings is 2. The molecule has 1 aliphatic rings. The maximum absolute atomic E-state index is 12.9. The van der Waals surface area contributed by atoms with Gasteiger partial charge in [0.15, 0.2) is 0 Å². The lowest BCUT2D eigenvalue weighted by Gasteiger charge is -2.20. The number of hydrogen-bond acceptors (Lipinski definition) is 2. The maximum Gasteiger partial charge on any atom is 0.253 e. The van der Waals surface area contributed by atoms with Gasteiger partial charge in [-0.05, 0) is 38.0 Å². The molecule has 0 unspecified atom stereocenters. The third-order valence-electron chi connectivity index (χ3n) is 5.51. The molecule has 1 aliphatic heterocycles. The molecule has 0 aliphatic carbocycles. The average Bonchev–Trinajstić information content (AvgIpc) is 3.16. The highest BCUT2D eigenvalue weighted by molar-refractivity contribution is 6.05. The first-order valence-corrected chi connectivity index (χ1v) is 10.2. The fraction of sp³-hybridized carbons (Fsp3) is 0.391. The minimum atomic E-state index is -0.139. The molecular weight excluding hydrogens is 350 g/mol. The van der Waals surface area contributed by atoms with Crippen LogP contribution in [0.2, 0.25) is 0 Å². The Morgan fingerprint density at radius 1 is 1.04 bits per heavy atom. The zero-order valence-corrected chi connectivity index (χ0v) is 16.8. The largest absolute Gasteiger partial charge is 0.348 e. The van der Waals surface area contributed by atoms with Crippen LogP contribution in [0.3, 0.4) is 0 Å². The quantitative estimate of drug-likeness (QED) is 0.737. The van der Waals surface area contributed by atoms with Gasteiger partial charge in [-0.15, -0.1) is 0 Å². The standard InChI is InChI=1S/C23H29N3O2/c1-3-25(4-2)17-19-11-6-5-10-18(19)16-24-23(28)20-12-7-8-13-21(20)26-15-9-14-22(26)27/h5-8,10-13H,3-4,9,14-17H2,1-2H3,(H,24,28)/p+1. The summed E-state index contributed by atoms with van der Waals surface area (Å²) in [5.74, 6) is -0.0481. The summed E-state index contributed by atoms with van der Waals surface area (Å²) in [6, 6.07) is 15.7. The number of anilines is 1. The molecule has 1 saturated heterocycles. The first-order valence-electron chi connectivity index (χ1n) is 10.2. The number of nitrogens with one attached hydrogen (secondary N) is 2. The van der Waals surface area contributed by atoms with Gasteiger partial charge < -0.3 is 15.1 Å². The molecule has 148 valence electrons. The van der Waals surface area contributed by atoms with Crippen molar-refractivity contribution in [2.75, 3.05) is 24.5 Å². The second-order valence-corrected chi connectivity index (χ2v) is 7.25. The molecule has 2 N–H and O–H groups in total. The molecule has 0 aromatic heterocycles. The van der Waals surface area contributed by atoms with Crippen molar-refractivity contribution in [1.29, 1.82) is 0 Å². The summed E-state index contributed by atoms with van der Waals surface area (Å²) in [7, 11) is 0. The Morgan fingerprint density at radius 3 is 2.39 bits per heavy atom. The van der Waals surface area contributed by atoms with Crippen LogP contribution in [0.1, 0.15) is 48.2 Å². The summed E-state index contributed by atoms with van der Waals surface area (Å²) < 4.78 is 0. The Balaban J connectivity index is 1.73. The van der Waals surface area contributed by atoms with Crippen LogP contribution in [0, 0.1) is 0 Å². The van der Waals surface area contributed by atoms with Gasteiger partial charge in [-0.3, -0.25) is 9.59 Å². The van der Waals surface area contributed by atoms with Crippen LogP contribution in [-0.2, 0) is 17.9 Å². The molecule has 0 saturated carbocycles. The van der Waals surface area contributed by atoms with Gasteiger partial charge in [0.05, 0.1) is 24.3 Å². The summed E-state index contributed by atoms with van der Waals surface area (Å²) in [4.78, 5) is 28.3. The Hall–Kier alpha value is -2.66. The zero-order chi connectivity index (χ0) is 19.9. The predicted molar refractivity (Wildman–Crippen MR) is 111 cm³/mol. The van der Waals surface area contributed by atoms with Gasteiger partial charge in [0.25, 0.3) is 5.91 Å². The van der Waals surface area contributed by atoms with Crippen LogP contribution >= 0.6 is 0 Å². The van der Waals surface area contributed by atoms with Crippen molar-refractivity contribution in [2.24, 2.45) is 0 Å². The first-order chi connectivity index (χ1) is 13.6. The van der Waals surface area contributed by atoms with Gasteiger partial charge in [0.1, 0.15) is 6.54 Å². The highest BCUT2D eigenvalue weighted by atomic mass is 16.2. The van der Waals surface area contributed by atoms with Crippen molar-refractivity contribution >= 4 is 17.5 Å². The lowest BCUT2D eigenvalue weighted by Crippen LogP contribution is -3.10. The fourth-order valence-corrected chi connectivity index (χ4v) is 3.75. The minimum Gasteiger partial charge on any atom is -0.348 e. The van der Waals surface area contributed by atoms with Crippen molar-refractivity contribution < 1.29 is 14.5 Å². The fourth-order valence-electron chi connectivity index (χ4n) is 3.75. The monoisotopic (exact) mass is 380 g/mol. The number of amides is 2. The van der Waals surface area contributed by atoms with Crippen molar-refractivity contribution in [3.05, 3.63) is 65.2 Å². The Kier molecular flexibility index (Phi) is 6.82. The predicted octanol–water partition coefficient (Wildman–Crippen LogP) is 2.17. The van der Waals surface area contributed by atoms with E-state index in [1.54, 1.807) is 11.0 Å². The van der Waals surface area contributed by atoms with E-state index in [-0.39, 0.29) is 11.8 Å². The number of carbonyl (C=O) groups excluding carboxylic acids is 2. The molecule has 5 heteroatoms. The van der Waals surface area contributed by atoms with Gasteiger partial charge in [-0.25, -0.2) is 0 Å². The van der Waals surface area contributed by atoms with Crippen LogP contribution < -0.4 is 15.1 Å². The first kappa shape index (κ1) is 20.1. The summed E-state index contributed by atoms with van der Waals surface area (Å²) in [5, 5.41) is 3.06. The van der Waals surface area contributed by atoms with E-state index < -0.39 is 0 Å². The lowest BCUT2D eigenvalue weighted by atomic mass is 10.1. The van der Waals surface area contributed by atoms with Gasteiger partial charge in [0, 0.05) is 25.1 Å². The third-order valence-corrected chi connectivity index (χ3v) is 5.51. The van der Waals surface area contributed by atoms with Gasteiger partial charge in [-0.2, -0.15) is 0 Å². The number of rotatable bonds is 8. The summed E-state index contributed by atoms with van der Waals surface area (Å²) >= 11 is 0. The molecule has 0 radical (unpaired) electrons. The molecule has 0 atom stereocenters. The highest BCUT2D eigenvalue weighted by Gasteiger charge is 2.25. The van der Waals surface area contributed by atoms with Gasteiger partial charge >= 0.3 is 0 Å². The molecule has 0 spiro atoms. The zero-order valence-electron chi connectivity index (χ0n) is 16.8. The number of hydrogen-bond donors (Lipinski definition) is 2. The van der Waals surface area contributed by atoms with E-state index >= 15 is 0 Å². The van der Waals surface area contributed by atoms with Crippen LogP contribution in [0.15, 0.2) is 48.5 Å². The molecule has 2 aromatic rings. The highest BCUT2D eigenvalue weighted by Crippen LogP contribution is 2.25. The Morgan fingerprint density at radius 2 is 1.71 bits per heavy atom. The van der Waals surface area contributed by atoms with E-state index in [4.69, 9.17) is 0 Å². The second-order valence-electron chi connectivity index (χ2n) is 7.25. The van der Waals surface area contributed by atoms with Gasteiger partial charge in [0.2, 0.25) is 5.91 Å². The summed E-state index contributed by atoms with van der Waals surface area (Å²) in [6.07, 6.45) is 1.40. The lowest BCUT2D eigenvalue weighted by molar-refractivity contribution is -0.910. The molecular formula is C23H30N3O2+. The van der Waals surface area contributed by atoms with Crippen LogP contribution in [0.5, 0.6) is 0 Å². The smallest absolute Gasteiger partial charge is 0.253 e. The molecule has 1 heterocycles. The van der Waals surface area contributed by atoms with E-state index in [1.807, 2.05) is 24.3 Å². The molecule has 3 rings (SSSR count). The van der Waals surface area contributed by atoms with E-state index in [1.165, 1.54) is 10.5 Å². The molecule has 2 aromatic carbocycles. The number of nitrogens with zero attached hydrogens (tertiary/aromatic N) is 1. The maximum atomic E-state index is 12.9. The Bertz CT molecular complexity index is 830. The van der Waals surface area contributed by atoms with Crippen molar-refractivity contribution in [3.8, 4) is 0 Å². The van der Waals surface area contributed by atoms with E-state index in [9.17, 15) is 9.59 Å². The molecule has 1 fully saturated rings. The number of quaternary nitrogens is 1. The van der Waals surface area contributed by atoms with Crippen LogP contribution in [0.25, 0.3) is 0 Å². The third kappa shape index (κ3) is 4.60. The topological polar surface area (TPSA) is 53.9 Å². The van der Waals surface area contributed by atoms with E-state index in [2.05, 4.69) is 37.4 Å². The van der Waals surface area contributed by atoms with Crippen molar-refractivity contribution in [2.45, 2.75) is 39.8 Å². The van der Waals surface area contributed by atoms with Crippen molar-refractivity contribution in [1.82, 2.24) is 5.32 Å². The molecule has 2 amide bonds. The normalized spacial score (nSPS) is 14.0. The summed E-state index contributed by atoms with van der Waals surface area (Å²) in [6.45, 7) is 8.66. The summed E-state index contributed by atoms with van der Waals surface area (Å²) in [5.41, 5.74) is 3.68. The minimum absolute atomic E-state index is 0.0905. The van der Waals surface area contributed by atoms with Crippen LogP contribution in [0.4, 0.5) is 5.69 Å². The van der Waals surface area contributed by atoms with Crippen LogP contribution in [-0.4, -0.2) is 31.4 Å². The molecule has 0 bridgehead atoms. The number of carbonyl (C=O) groups is 2. The second kappa shape index (κ2) is 9.51. The van der Waals surface area contributed by atoms with Crippen molar-refractivity contribution in [3.63, 3.8) is 0 Å². The SMILES string of the molecule is CC[NH+](CC)Cc1ccccc1CNC(=O)c1ccccc1N1CCCC1=O. The molecule has 28 heavy (non-hydrogen) atoms. The van der Waals surface area contributed by atoms with Gasteiger partial charge in [-0.1, -0.05) is 36.4 Å². The number of para-hydroxylation sites is 1. The molecule has 5 nitrogen and oxygen atoms in total. The van der Waals surface area contributed by atoms with E-state index in [0.29, 0.717) is 30.8 Å². The Labute approximate surface area is 167 Å². The average molecular weight is 381 g/mol.